The first-order valence-electron chi connectivity index (χ1n) is 5.37. The second kappa shape index (κ2) is 5.66. The number of hydrogen-bond acceptors (Lipinski definition) is 5. The number of rotatable bonds is 4. The SMILES string of the molecule is CNc1ccc([N+](=O)[O-])c(Oc2ccc(Br)cc2)n1. The van der Waals surface area contributed by atoms with Gasteiger partial charge in [0.15, 0.2) is 0 Å². The van der Waals surface area contributed by atoms with Crippen LogP contribution in [0.3, 0.4) is 0 Å². The van der Waals surface area contributed by atoms with Gasteiger partial charge in [-0.05, 0) is 30.3 Å². The van der Waals surface area contributed by atoms with Crippen molar-refractivity contribution in [1.82, 2.24) is 4.98 Å². The molecule has 7 heteroatoms. The monoisotopic (exact) mass is 323 g/mol. The first-order chi connectivity index (χ1) is 9.10. The standard InChI is InChI=1S/C12H10BrN3O3/c1-14-11-7-6-10(16(17)18)12(15-11)19-9-4-2-8(13)3-5-9/h2-7H,1H3,(H,14,15). The number of nitrogens with one attached hydrogen (secondary N) is 1. The molecule has 2 aromatic rings. The van der Waals surface area contributed by atoms with Crippen molar-refractivity contribution in [3.05, 3.63) is 51.0 Å². The number of hydrogen-bond donors (Lipinski definition) is 1. The van der Waals surface area contributed by atoms with Gasteiger partial charge >= 0.3 is 11.6 Å². The summed E-state index contributed by atoms with van der Waals surface area (Å²) in [6.45, 7) is 0. The first kappa shape index (κ1) is 13.3. The van der Waals surface area contributed by atoms with Crippen LogP contribution in [0.1, 0.15) is 0 Å². The van der Waals surface area contributed by atoms with Crippen molar-refractivity contribution in [2.45, 2.75) is 0 Å². The minimum absolute atomic E-state index is 0.0424. The Kier molecular flexibility index (Phi) is 3.96. The molecule has 0 amide bonds. The van der Waals surface area contributed by atoms with Crippen molar-refractivity contribution in [3.8, 4) is 11.6 Å². The van der Waals surface area contributed by atoms with Gasteiger partial charge in [-0.25, -0.2) is 0 Å². The maximum atomic E-state index is 10.9. The van der Waals surface area contributed by atoms with Crippen molar-refractivity contribution >= 4 is 27.4 Å². The van der Waals surface area contributed by atoms with Gasteiger partial charge in [0.2, 0.25) is 0 Å². The van der Waals surface area contributed by atoms with Crippen molar-refractivity contribution in [3.63, 3.8) is 0 Å². The summed E-state index contributed by atoms with van der Waals surface area (Å²) in [6, 6.07) is 9.83. The number of pyridine rings is 1. The topological polar surface area (TPSA) is 77.3 Å². The molecule has 19 heavy (non-hydrogen) atoms. The molecule has 0 radical (unpaired) electrons. The molecule has 0 bridgehead atoms. The summed E-state index contributed by atoms with van der Waals surface area (Å²) in [5, 5.41) is 13.7. The number of nitro groups is 1. The zero-order valence-electron chi connectivity index (χ0n) is 9.96. The summed E-state index contributed by atoms with van der Waals surface area (Å²) in [5.74, 6) is 0.934. The third kappa shape index (κ3) is 3.19. The number of benzene rings is 1. The molecule has 0 aliphatic heterocycles. The molecule has 0 atom stereocenters. The fourth-order valence-corrected chi connectivity index (χ4v) is 1.66. The fourth-order valence-electron chi connectivity index (χ4n) is 1.40. The highest BCUT2D eigenvalue weighted by Crippen LogP contribution is 2.31. The molecule has 0 fully saturated rings. The lowest BCUT2D eigenvalue weighted by atomic mass is 10.3. The van der Waals surface area contributed by atoms with Crippen LogP contribution >= 0.6 is 15.9 Å². The normalized spacial score (nSPS) is 10.0. The molecule has 1 aromatic carbocycles. The van der Waals surface area contributed by atoms with Gasteiger partial charge in [0.25, 0.3) is 0 Å². The minimum atomic E-state index is -0.527. The number of nitrogens with zero attached hydrogens (tertiary/aromatic N) is 2. The minimum Gasteiger partial charge on any atom is -0.434 e. The molecule has 0 saturated carbocycles. The highest BCUT2D eigenvalue weighted by Gasteiger charge is 2.18. The second-order valence-electron chi connectivity index (χ2n) is 3.58. The highest BCUT2D eigenvalue weighted by atomic mass is 79.9. The van der Waals surface area contributed by atoms with Crippen LogP contribution in [-0.4, -0.2) is 17.0 Å². The molecule has 0 spiro atoms. The third-order valence-corrected chi connectivity index (χ3v) is 2.85. The van der Waals surface area contributed by atoms with Gasteiger partial charge < -0.3 is 10.1 Å². The Balaban J connectivity index is 2.36. The number of anilines is 1. The molecule has 1 N–H and O–H groups in total. The van der Waals surface area contributed by atoms with Crippen LogP contribution < -0.4 is 10.1 Å². The van der Waals surface area contributed by atoms with Crippen molar-refractivity contribution < 1.29 is 9.66 Å². The fraction of sp³-hybridized carbons (Fsp3) is 0.0833. The maximum Gasteiger partial charge on any atom is 0.331 e. The van der Waals surface area contributed by atoms with Crippen LogP contribution in [0, 0.1) is 10.1 Å². The number of ether oxygens (including phenoxy) is 1. The average Bonchev–Trinajstić information content (AvgIpc) is 2.41. The van der Waals surface area contributed by atoms with Gasteiger partial charge in [-0.1, -0.05) is 15.9 Å². The Bertz CT molecular complexity index is 602. The van der Waals surface area contributed by atoms with E-state index in [1.54, 1.807) is 31.3 Å². The summed E-state index contributed by atoms with van der Waals surface area (Å²) in [6.07, 6.45) is 0. The third-order valence-electron chi connectivity index (χ3n) is 2.32. The molecule has 1 heterocycles. The van der Waals surface area contributed by atoms with E-state index in [-0.39, 0.29) is 11.6 Å². The largest absolute Gasteiger partial charge is 0.434 e. The van der Waals surface area contributed by atoms with E-state index >= 15 is 0 Å². The van der Waals surface area contributed by atoms with E-state index in [0.717, 1.165) is 4.47 Å². The molecular formula is C12H10BrN3O3. The van der Waals surface area contributed by atoms with E-state index in [9.17, 15) is 10.1 Å². The van der Waals surface area contributed by atoms with Gasteiger partial charge in [-0.2, -0.15) is 4.98 Å². The van der Waals surface area contributed by atoms with Crippen LogP contribution in [0.5, 0.6) is 11.6 Å². The van der Waals surface area contributed by atoms with Gasteiger partial charge in [0.05, 0.1) is 4.92 Å². The Labute approximate surface area is 117 Å². The highest BCUT2D eigenvalue weighted by molar-refractivity contribution is 9.10. The van der Waals surface area contributed by atoms with Gasteiger partial charge in [-0.15, -0.1) is 0 Å². The quantitative estimate of drug-likeness (QED) is 0.687. The van der Waals surface area contributed by atoms with Crippen LogP contribution in [0.4, 0.5) is 11.5 Å². The second-order valence-corrected chi connectivity index (χ2v) is 4.50. The lowest BCUT2D eigenvalue weighted by Crippen LogP contribution is -1.99. The Hall–Kier alpha value is -2.15. The molecule has 1 aromatic heterocycles. The number of halogens is 1. The zero-order chi connectivity index (χ0) is 13.8. The van der Waals surface area contributed by atoms with Crippen LogP contribution in [-0.2, 0) is 0 Å². The van der Waals surface area contributed by atoms with E-state index in [2.05, 4.69) is 26.2 Å². The summed E-state index contributed by atoms with van der Waals surface area (Å²) >= 11 is 3.30. The van der Waals surface area contributed by atoms with Crippen LogP contribution in [0.25, 0.3) is 0 Å². The molecule has 6 nitrogen and oxygen atoms in total. The Morgan fingerprint density at radius 1 is 1.26 bits per heavy atom. The van der Waals surface area contributed by atoms with Crippen LogP contribution in [0.2, 0.25) is 0 Å². The van der Waals surface area contributed by atoms with E-state index in [4.69, 9.17) is 4.74 Å². The Morgan fingerprint density at radius 3 is 2.53 bits per heavy atom. The Morgan fingerprint density at radius 2 is 1.95 bits per heavy atom. The van der Waals surface area contributed by atoms with Gasteiger partial charge in [0.1, 0.15) is 11.6 Å². The van der Waals surface area contributed by atoms with Crippen LogP contribution in [0.15, 0.2) is 40.9 Å². The molecule has 0 aliphatic carbocycles. The lowest BCUT2D eigenvalue weighted by molar-refractivity contribution is -0.386. The van der Waals surface area contributed by atoms with Crippen molar-refractivity contribution in [2.24, 2.45) is 0 Å². The molecular weight excluding hydrogens is 314 g/mol. The summed E-state index contributed by atoms with van der Waals surface area (Å²) < 4.78 is 6.35. The van der Waals surface area contributed by atoms with Gasteiger partial charge in [0, 0.05) is 17.6 Å². The first-order valence-corrected chi connectivity index (χ1v) is 6.16. The zero-order valence-corrected chi connectivity index (χ0v) is 11.5. The number of aromatic nitrogens is 1. The van der Waals surface area contributed by atoms with E-state index in [0.29, 0.717) is 11.6 Å². The van der Waals surface area contributed by atoms with E-state index < -0.39 is 4.92 Å². The maximum absolute atomic E-state index is 10.9. The summed E-state index contributed by atoms with van der Waals surface area (Å²) in [5.41, 5.74) is -0.179. The molecule has 2 rings (SSSR count). The van der Waals surface area contributed by atoms with Crippen molar-refractivity contribution in [2.75, 3.05) is 12.4 Å². The van der Waals surface area contributed by atoms with Crippen molar-refractivity contribution in [1.29, 1.82) is 0 Å². The molecule has 0 saturated heterocycles. The molecule has 0 unspecified atom stereocenters. The predicted octanol–water partition coefficient (Wildman–Crippen LogP) is 3.59. The lowest BCUT2D eigenvalue weighted by Gasteiger charge is -2.07. The molecule has 0 aliphatic rings. The predicted molar refractivity (Wildman–Crippen MR) is 74.7 cm³/mol. The smallest absolute Gasteiger partial charge is 0.331 e. The van der Waals surface area contributed by atoms with Gasteiger partial charge in [-0.3, -0.25) is 10.1 Å². The van der Waals surface area contributed by atoms with E-state index in [1.165, 1.54) is 12.1 Å². The van der Waals surface area contributed by atoms with E-state index in [1.807, 2.05) is 0 Å². The summed E-state index contributed by atoms with van der Waals surface area (Å²) in [4.78, 5) is 14.4. The summed E-state index contributed by atoms with van der Waals surface area (Å²) in [7, 11) is 1.68. The molecule has 98 valence electrons. The average molecular weight is 324 g/mol.